The van der Waals surface area contributed by atoms with Crippen LogP contribution in [0.25, 0.3) is 0 Å². The number of likely N-dealkylation sites (tertiary alicyclic amines) is 1. The van der Waals surface area contributed by atoms with Crippen molar-refractivity contribution in [1.29, 1.82) is 0 Å². The minimum absolute atomic E-state index is 0.173. The Kier molecular flexibility index (Phi) is 5.55. The molecule has 0 aromatic heterocycles. The maximum absolute atomic E-state index is 12.5. The molecule has 1 fully saturated rings. The van der Waals surface area contributed by atoms with E-state index in [1.807, 2.05) is 26.8 Å². The molecular formula is C17H26N2O4S. The molecule has 1 aromatic rings. The number of ether oxygens (including phenoxy) is 1. The third-order valence-corrected chi connectivity index (χ3v) is 5.53. The van der Waals surface area contributed by atoms with Crippen molar-refractivity contribution in [3.63, 3.8) is 0 Å². The first-order valence-corrected chi connectivity index (χ1v) is 9.63. The summed E-state index contributed by atoms with van der Waals surface area (Å²) in [4.78, 5) is 14.0. The van der Waals surface area contributed by atoms with Crippen LogP contribution in [0, 0.1) is 6.92 Å². The maximum Gasteiger partial charge on any atom is 0.410 e. The molecule has 1 saturated heterocycles. The van der Waals surface area contributed by atoms with E-state index < -0.39 is 15.6 Å². The van der Waals surface area contributed by atoms with E-state index in [9.17, 15) is 13.2 Å². The minimum Gasteiger partial charge on any atom is -0.444 e. The molecule has 0 saturated carbocycles. The summed E-state index contributed by atoms with van der Waals surface area (Å²) in [6.45, 7) is 8.22. The summed E-state index contributed by atoms with van der Waals surface area (Å²) in [7, 11) is -3.54. The summed E-state index contributed by atoms with van der Waals surface area (Å²) in [6.07, 6.45) is 0.803. The Bertz CT molecular complexity index is 687. The zero-order valence-electron chi connectivity index (χ0n) is 14.7. The highest BCUT2D eigenvalue weighted by molar-refractivity contribution is 7.89. The van der Waals surface area contributed by atoms with Crippen LogP contribution in [0.5, 0.6) is 0 Å². The topological polar surface area (TPSA) is 75.7 Å². The first-order valence-electron chi connectivity index (χ1n) is 8.14. The molecule has 1 N–H and O–H groups in total. The van der Waals surface area contributed by atoms with Crippen molar-refractivity contribution in [1.82, 2.24) is 9.62 Å². The second kappa shape index (κ2) is 7.11. The third kappa shape index (κ3) is 4.95. The van der Waals surface area contributed by atoms with Crippen LogP contribution in [0.3, 0.4) is 0 Å². The number of carbonyl (C=O) groups is 1. The van der Waals surface area contributed by atoms with E-state index in [1.165, 1.54) is 0 Å². The van der Waals surface area contributed by atoms with Crippen LogP contribution in [0.4, 0.5) is 4.79 Å². The van der Waals surface area contributed by atoms with Gasteiger partial charge in [0.1, 0.15) is 5.60 Å². The molecule has 7 heteroatoms. The summed E-state index contributed by atoms with van der Waals surface area (Å²) in [6, 6.07) is 6.74. The van der Waals surface area contributed by atoms with Crippen molar-refractivity contribution in [2.24, 2.45) is 0 Å². The van der Waals surface area contributed by atoms with E-state index in [0.29, 0.717) is 30.8 Å². The lowest BCUT2D eigenvalue weighted by Crippen LogP contribution is -2.47. The number of amides is 1. The smallest absolute Gasteiger partial charge is 0.410 e. The van der Waals surface area contributed by atoms with Gasteiger partial charge in [0.05, 0.1) is 4.90 Å². The largest absolute Gasteiger partial charge is 0.444 e. The highest BCUT2D eigenvalue weighted by Gasteiger charge is 2.29. The highest BCUT2D eigenvalue weighted by atomic mass is 32.2. The molecule has 1 amide bonds. The lowest BCUT2D eigenvalue weighted by molar-refractivity contribution is 0.0204. The Hall–Kier alpha value is -1.60. The Morgan fingerprint density at radius 3 is 2.33 bits per heavy atom. The maximum atomic E-state index is 12.5. The van der Waals surface area contributed by atoms with Gasteiger partial charge in [0.15, 0.2) is 0 Å². The van der Waals surface area contributed by atoms with Crippen molar-refractivity contribution in [2.75, 3.05) is 13.1 Å². The van der Waals surface area contributed by atoms with Gasteiger partial charge in [-0.25, -0.2) is 17.9 Å². The SMILES string of the molecule is Cc1ccccc1S(=O)(=O)NC1CCN(C(=O)OC(C)(C)C)CC1. The summed E-state index contributed by atoms with van der Waals surface area (Å²) in [5.41, 5.74) is 0.191. The van der Waals surface area contributed by atoms with Crippen molar-refractivity contribution in [2.45, 2.75) is 57.1 Å². The van der Waals surface area contributed by atoms with Gasteiger partial charge in [-0.1, -0.05) is 18.2 Å². The summed E-state index contributed by atoms with van der Waals surface area (Å²) in [5, 5.41) is 0. The second-order valence-electron chi connectivity index (χ2n) is 7.13. The van der Waals surface area contributed by atoms with E-state index in [-0.39, 0.29) is 12.1 Å². The molecule has 0 atom stereocenters. The van der Waals surface area contributed by atoms with E-state index in [2.05, 4.69) is 4.72 Å². The van der Waals surface area contributed by atoms with Gasteiger partial charge in [0.2, 0.25) is 10.0 Å². The Labute approximate surface area is 144 Å². The Morgan fingerprint density at radius 1 is 1.21 bits per heavy atom. The van der Waals surface area contributed by atoms with Gasteiger partial charge >= 0.3 is 6.09 Å². The van der Waals surface area contributed by atoms with Gasteiger partial charge in [0.25, 0.3) is 0 Å². The second-order valence-corrected chi connectivity index (χ2v) is 8.81. The molecular weight excluding hydrogens is 328 g/mol. The van der Waals surface area contributed by atoms with Gasteiger partial charge in [-0.05, 0) is 52.2 Å². The van der Waals surface area contributed by atoms with Gasteiger partial charge < -0.3 is 9.64 Å². The molecule has 0 aliphatic carbocycles. The number of benzene rings is 1. The van der Waals surface area contributed by atoms with Crippen molar-refractivity contribution in [3.8, 4) is 0 Å². The molecule has 0 radical (unpaired) electrons. The van der Waals surface area contributed by atoms with Crippen LogP contribution >= 0.6 is 0 Å². The van der Waals surface area contributed by atoms with Crippen LogP contribution in [-0.4, -0.2) is 44.1 Å². The minimum atomic E-state index is -3.54. The van der Waals surface area contributed by atoms with Crippen LogP contribution < -0.4 is 4.72 Å². The molecule has 134 valence electrons. The molecule has 1 aromatic carbocycles. The molecule has 24 heavy (non-hydrogen) atoms. The van der Waals surface area contributed by atoms with E-state index in [0.717, 1.165) is 5.56 Å². The predicted octanol–water partition coefficient (Wildman–Crippen LogP) is 2.67. The Balaban J connectivity index is 1.94. The van der Waals surface area contributed by atoms with Gasteiger partial charge in [-0.3, -0.25) is 0 Å². The first-order chi connectivity index (χ1) is 11.1. The molecule has 6 nitrogen and oxygen atoms in total. The van der Waals surface area contributed by atoms with Crippen molar-refractivity contribution < 1.29 is 17.9 Å². The zero-order valence-corrected chi connectivity index (χ0v) is 15.5. The number of carbonyl (C=O) groups excluding carboxylic acids is 1. The normalized spacial score (nSPS) is 16.9. The number of hydrogen-bond acceptors (Lipinski definition) is 4. The highest BCUT2D eigenvalue weighted by Crippen LogP contribution is 2.19. The number of hydrogen-bond donors (Lipinski definition) is 1. The van der Waals surface area contributed by atoms with E-state index in [1.54, 1.807) is 30.0 Å². The van der Waals surface area contributed by atoms with Gasteiger partial charge in [-0.15, -0.1) is 0 Å². The van der Waals surface area contributed by atoms with E-state index in [4.69, 9.17) is 4.74 Å². The fourth-order valence-corrected chi connectivity index (χ4v) is 4.20. The Morgan fingerprint density at radius 2 is 1.79 bits per heavy atom. The third-order valence-electron chi connectivity index (χ3n) is 3.85. The zero-order chi connectivity index (χ0) is 18.0. The number of nitrogens with zero attached hydrogens (tertiary/aromatic N) is 1. The van der Waals surface area contributed by atoms with Crippen LogP contribution in [0.1, 0.15) is 39.2 Å². The van der Waals surface area contributed by atoms with Crippen LogP contribution in [0.2, 0.25) is 0 Å². The molecule has 1 aliphatic rings. The number of sulfonamides is 1. The monoisotopic (exact) mass is 354 g/mol. The van der Waals surface area contributed by atoms with Crippen molar-refractivity contribution in [3.05, 3.63) is 29.8 Å². The number of aryl methyl sites for hydroxylation is 1. The number of piperidine rings is 1. The number of rotatable bonds is 3. The summed E-state index contributed by atoms with van der Waals surface area (Å²) >= 11 is 0. The molecule has 1 aliphatic heterocycles. The molecule has 0 unspecified atom stereocenters. The van der Waals surface area contributed by atoms with Crippen LogP contribution in [0.15, 0.2) is 29.2 Å². The van der Waals surface area contributed by atoms with Gasteiger partial charge in [-0.2, -0.15) is 0 Å². The molecule has 0 bridgehead atoms. The van der Waals surface area contributed by atoms with Gasteiger partial charge in [0, 0.05) is 19.1 Å². The quantitative estimate of drug-likeness (QED) is 0.905. The summed E-state index contributed by atoms with van der Waals surface area (Å²) < 4.78 is 33.1. The van der Waals surface area contributed by atoms with Crippen molar-refractivity contribution >= 4 is 16.1 Å². The lowest BCUT2D eigenvalue weighted by Gasteiger charge is -2.33. The number of nitrogens with one attached hydrogen (secondary N) is 1. The fourth-order valence-electron chi connectivity index (χ4n) is 2.65. The molecule has 1 heterocycles. The van der Waals surface area contributed by atoms with E-state index >= 15 is 0 Å². The average molecular weight is 354 g/mol. The lowest BCUT2D eigenvalue weighted by atomic mass is 10.1. The molecule has 0 spiro atoms. The van der Waals surface area contributed by atoms with Crippen LogP contribution in [-0.2, 0) is 14.8 Å². The fraction of sp³-hybridized carbons (Fsp3) is 0.588. The standard InChI is InChI=1S/C17H26N2O4S/c1-13-7-5-6-8-15(13)24(21,22)18-14-9-11-19(12-10-14)16(20)23-17(2,3)4/h5-8,14,18H,9-12H2,1-4H3. The predicted molar refractivity (Wildman–Crippen MR) is 92.3 cm³/mol. The average Bonchev–Trinajstić information content (AvgIpc) is 2.46. The summed E-state index contributed by atoms with van der Waals surface area (Å²) in [5.74, 6) is 0. The first kappa shape index (κ1) is 18.7. The molecule has 2 rings (SSSR count).